The first-order valence-electron chi connectivity index (χ1n) is 9.44. The minimum absolute atomic E-state index is 0.0483. The van der Waals surface area contributed by atoms with Gasteiger partial charge in [0.1, 0.15) is 0 Å². The summed E-state index contributed by atoms with van der Waals surface area (Å²) in [5, 5.41) is 6.41. The Balaban J connectivity index is 2.07. The molecule has 27 heavy (non-hydrogen) atoms. The number of nitrogens with zero attached hydrogens (tertiary/aromatic N) is 1. The Morgan fingerprint density at radius 2 is 1.78 bits per heavy atom. The summed E-state index contributed by atoms with van der Waals surface area (Å²) in [4.78, 5) is 26.8. The molecule has 2 fully saturated rings. The number of hydrogen-bond donors (Lipinski definition) is 2. The summed E-state index contributed by atoms with van der Waals surface area (Å²) in [6.07, 6.45) is 1.79. The SMILES string of the molecule is COCCN(C(=O)C(=O)NC1CC(C)(C)NC(C)(C)C1)C1CCS(=O)(=O)C1. The van der Waals surface area contributed by atoms with E-state index in [0.717, 1.165) is 0 Å². The standard InChI is InChI=1S/C18H33N3O5S/c1-17(2)10-13(11-18(3,4)20-17)19-15(22)16(23)21(7-8-26-5)14-6-9-27(24,25)12-14/h13-14,20H,6-12H2,1-5H3,(H,19,22). The first-order chi connectivity index (χ1) is 12.3. The highest BCUT2D eigenvalue weighted by molar-refractivity contribution is 7.91. The molecule has 2 saturated heterocycles. The van der Waals surface area contributed by atoms with Crippen molar-refractivity contribution in [3.63, 3.8) is 0 Å². The number of amides is 2. The summed E-state index contributed by atoms with van der Waals surface area (Å²) in [6.45, 7) is 8.74. The van der Waals surface area contributed by atoms with Gasteiger partial charge in [0.25, 0.3) is 0 Å². The molecule has 0 radical (unpaired) electrons. The van der Waals surface area contributed by atoms with E-state index < -0.39 is 27.7 Å². The molecule has 0 aromatic carbocycles. The van der Waals surface area contributed by atoms with E-state index in [1.807, 2.05) is 0 Å². The molecule has 0 aliphatic carbocycles. The van der Waals surface area contributed by atoms with Gasteiger partial charge in [-0.05, 0) is 47.0 Å². The van der Waals surface area contributed by atoms with Crippen molar-refractivity contribution in [3.05, 3.63) is 0 Å². The molecule has 0 aromatic rings. The van der Waals surface area contributed by atoms with E-state index in [0.29, 0.717) is 19.3 Å². The summed E-state index contributed by atoms with van der Waals surface area (Å²) < 4.78 is 28.6. The minimum atomic E-state index is -3.16. The molecule has 2 rings (SSSR count). The Kier molecular flexibility index (Phi) is 6.59. The third-order valence-corrected chi connectivity index (χ3v) is 6.92. The molecule has 156 valence electrons. The minimum Gasteiger partial charge on any atom is -0.383 e. The summed E-state index contributed by atoms with van der Waals surface area (Å²) in [5.41, 5.74) is -0.309. The Morgan fingerprint density at radius 1 is 1.19 bits per heavy atom. The molecule has 0 spiro atoms. The molecule has 2 aliphatic rings. The molecule has 2 amide bonds. The van der Waals surface area contributed by atoms with E-state index >= 15 is 0 Å². The number of carbonyl (C=O) groups is 2. The van der Waals surface area contributed by atoms with Crippen LogP contribution in [0.1, 0.15) is 47.0 Å². The van der Waals surface area contributed by atoms with E-state index in [4.69, 9.17) is 4.74 Å². The largest absolute Gasteiger partial charge is 0.383 e. The van der Waals surface area contributed by atoms with Gasteiger partial charge < -0.3 is 20.3 Å². The molecular weight excluding hydrogens is 370 g/mol. The monoisotopic (exact) mass is 403 g/mol. The van der Waals surface area contributed by atoms with Crippen LogP contribution in [0.2, 0.25) is 0 Å². The average Bonchev–Trinajstić information content (AvgIpc) is 2.84. The maximum atomic E-state index is 12.8. The van der Waals surface area contributed by atoms with Crippen molar-refractivity contribution in [1.29, 1.82) is 0 Å². The highest BCUT2D eigenvalue weighted by atomic mass is 32.2. The molecule has 2 N–H and O–H groups in total. The van der Waals surface area contributed by atoms with Crippen LogP contribution in [-0.4, -0.2) is 80.1 Å². The van der Waals surface area contributed by atoms with Crippen LogP contribution in [0.4, 0.5) is 0 Å². The first-order valence-corrected chi connectivity index (χ1v) is 11.3. The van der Waals surface area contributed by atoms with Gasteiger partial charge in [0.05, 0.1) is 18.1 Å². The molecule has 1 unspecified atom stereocenters. The van der Waals surface area contributed by atoms with Gasteiger partial charge in [-0.2, -0.15) is 0 Å². The van der Waals surface area contributed by atoms with Crippen LogP contribution >= 0.6 is 0 Å². The zero-order valence-corrected chi connectivity index (χ0v) is 17.8. The van der Waals surface area contributed by atoms with Crippen molar-refractivity contribution in [2.24, 2.45) is 0 Å². The normalized spacial score (nSPS) is 26.5. The maximum absolute atomic E-state index is 12.8. The second-order valence-electron chi connectivity index (χ2n) is 9.02. The first kappa shape index (κ1) is 22.1. The quantitative estimate of drug-likeness (QED) is 0.630. The van der Waals surface area contributed by atoms with Gasteiger partial charge in [0, 0.05) is 36.8 Å². The smallest absolute Gasteiger partial charge is 0.312 e. The zero-order chi connectivity index (χ0) is 20.5. The van der Waals surface area contributed by atoms with Gasteiger partial charge in [0.15, 0.2) is 9.84 Å². The molecule has 2 aliphatic heterocycles. The van der Waals surface area contributed by atoms with Gasteiger partial charge >= 0.3 is 11.8 Å². The van der Waals surface area contributed by atoms with Crippen molar-refractivity contribution >= 4 is 21.7 Å². The fourth-order valence-electron chi connectivity index (χ4n) is 4.46. The number of rotatable bonds is 5. The molecule has 0 saturated carbocycles. The molecular formula is C18H33N3O5S. The Bertz CT molecular complexity index is 658. The predicted octanol–water partition coefficient (Wildman–Crippen LogP) is 0.0739. The lowest BCUT2D eigenvalue weighted by Gasteiger charge is -2.46. The van der Waals surface area contributed by atoms with Crippen LogP contribution in [0, 0.1) is 0 Å². The van der Waals surface area contributed by atoms with E-state index in [1.54, 1.807) is 0 Å². The number of carbonyl (C=O) groups excluding carboxylic acids is 2. The third-order valence-electron chi connectivity index (χ3n) is 5.17. The average molecular weight is 404 g/mol. The second kappa shape index (κ2) is 8.05. The predicted molar refractivity (Wildman–Crippen MR) is 103 cm³/mol. The number of piperidine rings is 1. The number of methoxy groups -OCH3 is 1. The molecule has 0 bridgehead atoms. The summed E-state index contributed by atoms with van der Waals surface area (Å²) in [5.74, 6) is -1.40. The van der Waals surface area contributed by atoms with E-state index in [1.165, 1.54) is 12.0 Å². The summed E-state index contributed by atoms with van der Waals surface area (Å²) in [7, 11) is -1.65. The highest BCUT2D eigenvalue weighted by Gasteiger charge is 2.40. The fourth-order valence-corrected chi connectivity index (χ4v) is 6.19. The van der Waals surface area contributed by atoms with Crippen LogP contribution in [0.3, 0.4) is 0 Å². The van der Waals surface area contributed by atoms with E-state index in [9.17, 15) is 18.0 Å². The number of hydrogen-bond acceptors (Lipinski definition) is 6. The highest BCUT2D eigenvalue weighted by Crippen LogP contribution is 2.28. The molecule has 9 heteroatoms. The molecule has 2 heterocycles. The number of sulfone groups is 1. The molecule has 8 nitrogen and oxygen atoms in total. The van der Waals surface area contributed by atoms with Crippen LogP contribution < -0.4 is 10.6 Å². The van der Waals surface area contributed by atoms with E-state index in [-0.39, 0.29) is 41.8 Å². The third kappa shape index (κ3) is 6.15. The van der Waals surface area contributed by atoms with E-state index in [2.05, 4.69) is 38.3 Å². The summed E-state index contributed by atoms with van der Waals surface area (Å²) in [6, 6.07) is -0.589. The Morgan fingerprint density at radius 3 is 2.26 bits per heavy atom. The maximum Gasteiger partial charge on any atom is 0.312 e. The lowest BCUT2D eigenvalue weighted by molar-refractivity contribution is -0.148. The van der Waals surface area contributed by atoms with Crippen molar-refractivity contribution in [1.82, 2.24) is 15.5 Å². The number of nitrogens with one attached hydrogen (secondary N) is 2. The summed E-state index contributed by atoms with van der Waals surface area (Å²) >= 11 is 0. The van der Waals surface area contributed by atoms with Gasteiger partial charge in [-0.15, -0.1) is 0 Å². The van der Waals surface area contributed by atoms with Gasteiger partial charge in [0.2, 0.25) is 0 Å². The lowest BCUT2D eigenvalue weighted by atomic mass is 9.79. The second-order valence-corrected chi connectivity index (χ2v) is 11.2. The van der Waals surface area contributed by atoms with Crippen molar-refractivity contribution in [2.45, 2.75) is 70.1 Å². The fraction of sp³-hybridized carbons (Fsp3) is 0.889. The van der Waals surface area contributed by atoms with Crippen LogP contribution in [0.15, 0.2) is 0 Å². The van der Waals surface area contributed by atoms with Crippen molar-refractivity contribution in [2.75, 3.05) is 31.8 Å². The van der Waals surface area contributed by atoms with Gasteiger partial charge in [-0.1, -0.05) is 0 Å². The van der Waals surface area contributed by atoms with Crippen LogP contribution in [0.5, 0.6) is 0 Å². The van der Waals surface area contributed by atoms with Crippen molar-refractivity contribution in [3.8, 4) is 0 Å². The molecule has 1 atom stereocenters. The van der Waals surface area contributed by atoms with Crippen LogP contribution in [0.25, 0.3) is 0 Å². The molecule has 0 aromatic heterocycles. The topological polar surface area (TPSA) is 105 Å². The van der Waals surface area contributed by atoms with Gasteiger partial charge in [-0.3, -0.25) is 9.59 Å². The lowest BCUT2D eigenvalue weighted by Crippen LogP contribution is -2.63. The Labute approximate surface area is 162 Å². The van der Waals surface area contributed by atoms with Crippen LogP contribution in [-0.2, 0) is 24.2 Å². The number of ether oxygens (including phenoxy) is 1. The van der Waals surface area contributed by atoms with Gasteiger partial charge in [-0.25, -0.2) is 8.42 Å². The zero-order valence-electron chi connectivity index (χ0n) is 17.0. The van der Waals surface area contributed by atoms with Crippen molar-refractivity contribution < 1.29 is 22.7 Å². The Hall–Kier alpha value is -1.19.